The summed E-state index contributed by atoms with van der Waals surface area (Å²) in [6, 6.07) is 13.2. The minimum atomic E-state index is -0.862. The van der Waals surface area contributed by atoms with Crippen LogP contribution >= 0.6 is 0 Å². The molecule has 1 spiro atoms. The lowest BCUT2D eigenvalue weighted by atomic mass is 9.80. The van der Waals surface area contributed by atoms with Crippen LogP contribution in [0.5, 0.6) is 0 Å². The van der Waals surface area contributed by atoms with E-state index >= 15 is 0 Å². The molecule has 4 heterocycles. The fourth-order valence-electron chi connectivity index (χ4n) is 6.53. The molecule has 2 amide bonds. The maximum atomic E-state index is 14.7. The molecule has 3 unspecified atom stereocenters. The topological polar surface area (TPSA) is 96.9 Å². The zero-order chi connectivity index (χ0) is 27.4. The number of hydrogen-bond acceptors (Lipinski definition) is 5. The first-order chi connectivity index (χ1) is 19.4. The molecule has 0 bridgehead atoms. The summed E-state index contributed by atoms with van der Waals surface area (Å²) < 4.78 is 28.6. The maximum Gasteiger partial charge on any atom is 0.253 e. The van der Waals surface area contributed by atoms with E-state index in [1.165, 1.54) is 6.07 Å². The van der Waals surface area contributed by atoms with E-state index in [2.05, 4.69) is 25.6 Å². The van der Waals surface area contributed by atoms with Gasteiger partial charge in [0, 0.05) is 36.3 Å². The van der Waals surface area contributed by atoms with E-state index in [0.29, 0.717) is 49.0 Å². The Hall–Kier alpha value is -4.53. The Morgan fingerprint density at radius 3 is 2.73 bits per heavy atom. The molecule has 40 heavy (non-hydrogen) atoms. The highest BCUT2D eigenvalue weighted by Gasteiger charge is 2.51. The average molecular weight is 538 g/mol. The quantitative estimate of drug-likeness (QED) is 0.369. The summed E-state index contributed by atoms with van der Waals surface area (Å²) in [4.78, 5) is 39.9. The Morgan fingerprint density at radius 1 is 0.975 bits per heavy atom. The Balaban J connectivity index is 1.14. The van der Waals surface area contributed by atoms with Gasteiger partial charge in [-0.05, 0) is 72.6 Å². The molecule has 7 rings (SSSR count). The van der Waals surface area contributed by atoms with Crippen molar-refractivity contribution in [2.24, 2.45) is 0 Å². The van der Waals surface area contributed by atoms with Crippen molar-refractivity contribution in [2.45, 2.75) is 49.5 Å². The minimum absolute atomic E-state index is 0.101. The number of nitrogens with one attached hydrogen (secondary N) is 2. The molecule has 9 heteroatoms. The summed E-state index contributed by atoms with van der Waals surface area (Å²) in [6.07, 6.45) is 7.33. The van der Waals surface area contributed by atoms with Crippen LogP contribution in [0.15, 0.2) is 67.1 Å². The van der Waals surface area contributed by atoms with E-state index < -0.39 is 23.1 Å². The normalized spacial score (nSPS) is 22.7. The molecule has 3 aliphatic rings. The molecule has 0 saturated heterocycles. The lowest BCUT2D eigenvalue weighted by Gasteiger charge is -2.19. The smallest absolute Gasteiger partial charge is 0.253 e. The van der Waals surface area contributed by atoms with Crippen LogP contribution in [0.4, 0.5) is 14.6 Å². The second kappa shape index (κ2) is 9.29. The summed E-state index contributed by atoms with van der Waals surface area (Å²) in [5.74, 6) is -1.75. The molecule has 0 radical (unpaired) electrons. The van der Waals surface area contributed by atoms with Crippen molar-refractivity contribution in [2.75, 3.05) is 5.32 Å². The molecular weight excluding hydrogens is 512 g/mol. The van der Waals surface area contributed by atoms with E-state index in [4.69, 9.17) is 0 Å². The van der Waals surface area contributed by atoms with Crippen molar-refractivity contribution < 1.29 is 18.4 Å². The van der Waals surface area contributed by atoms with E-state index in [9.17, 15) is 18.4 Å². The first kappa shape index (κ1) is 24.5. The number of carbonyl (C=O) groups excluding carboxylic acids is 2. The van der Waals surface area contributed by atoms with Crippen LogP contribution in [0.25, 0.3) is 0 Å². The fraction of sp³-hybridized carbons (Fsp3) is 0.258. The molecule has 3 aromatic heterocycles. The number of hydrogen-bond donors (Lipinski definition) is 2. The molecule has 1 aliphatic heterocycles. The summed E-state index contributed by atoms with van der Waals surface area (Å²) >= 11 is 0. The average Bonchev–Trinajstić information content (AvgIpc) is 3.41. The summed E-state index contributed by atoms with van der Waals surface area (Å²) in [5.41, 5.74) is 4.11. The highest BCUT2D eigenvalue weighted by atomic mass is 19.2. The van der Waals surface area contributed by atoms with E-state index in [1.807, 2.05) is 30.3 Å². The number of nitrogens with zero attached hydrogens (tertiary/aromatic N) is 3. The third-order valence-corrected chi connectivity index (χ3v) is 8.53. The van der Waals surface area contributed by atoms with Gasteiger partial charge in [-0.3, -0.25) is 19.6 Å². The lowest BCUT2D eigenvalue weighted by Crippen LogP contribution is -2.35. The number of carbonyl (C=O) groups is 2. The number of pyridine rings is 3. The van der Waals surface area contributed by atoms with Crippen LogP contribution in [0, 0.1) is 11.6 Å². The van der Waals surface area contributed by atoms with Crippen LogP contribution in [0.2, 0.25) is 0 Å². The molecule has 0 fully saturated rings. The third-order valence-electron chi connectivity index (χ3n) is 8.53. The highest BCUT2D eigenvalue weighted by molar-refractivity contribution is 6.06. The first-order valence-electron chi connectivity index (χ1n) is 13.4. The number of amides is 2. The molecule has 7 nitrogen and oxygen atoms in total. The van der Waals surface area contributed by atoms with Gasteiger partial charge < -0.3 is 10.6 Å². The predicted octanol–water partition coefficient (Wildman–Crippen LogP) is 4.73. The molecule has 4 aromatic rings. The second-order valence-corrected chi connectivity index (χ2v) is 10.8. The number of benzene rings is 1. The monoisotopic (exact) mass is 537 g/mol. The number of halogens is 2. The number of aromatic nitrogens is 3. The maximum absolute atomic E-state index is 14.7. The van der Waals surface area contributed by atoms with Crippen molar-refractivity contribution in [1.82, 2.24) is 20.3 Å². The van der Waals surface area contributed by atoms with Gasteiger partial charge in [0.1, 0.15) is 5.82 Å². The number of anilines is 1. The van der Waals surface area contributed by atoms with Gasteiger partial charge in [0.25, 0.3) is 5.91 Å². The summed E-state index contributed by atoms with van der Waals surface area (Å²) in [6.45, 7) is 0. The van der Waals surface area contributed by atoms with E-state index in [1.54, 1.807) is 24.7 Å². The molecule has 0 saturated carbocycles. The van der Waals surface area contributed by atoms with Gasteiger partial charge in [-0.15, -0.1) is 0 Å². The van der Waals surface area contributed by atoms with Gasteiger partial charge in [-0.2, -0.15) is 0 Å². The van der Waals surface area contributed by atoms with Gasteiger partial charge in [-0.25, -0.2) is 13.8 Å². The van der Waals surface area contributed by atoms with Gasteiger partial charge in [0.05, 0.1) is 22.7 Å². The van der Waals surface area contributed by atoms with E-state index in [0.717, 1.165) is 34.1 Å². The first-order valence-corrected chi connectivity index (χ1v) is 13.4. The third kappa shape index (κ3) is 3.87. The molecule has 2 N–H and O–H groups in total. The minimum Gasteiger partial charge on any atom is -0.344 e. The zero-order valence-corrected chi connectivity index (χ0v) is 21.5. The Morgan fingerprint density at radius 2 is 1.82 bits per heavy atom. The van der Waals surface area contributed by atoms with Crippen molar-refractivity contribution in [1.29, 1.82) is 0 Å². The number of fused-ring (bicyclic) bond motifs is 4. The highest BCUT2D eigenvalue weighted by Crippen LogP contribution is 2.46. The molecule has 200 valence electrons. The standard InChI is InChI=1S/C31H25F2N5O2/c32-23-7-1-5-21(26(23)33)17-8-9-24(27-18(12-17)4-2-10-34-27)37-29(39)20-13-19-14-31(15-25(19)36-16-20)22-6-3-11-35-28(22)38-30(31)40/h1-7,10-11,13,16-17,24H,8-9,12,14-15H2,(H,37,39)(H,35,38,40). The summed E-state index contributed by atoms with van der Waals surface area (Å²) in [7, 11) is 0. The van der Waals surface area contributed by atoms with Crippen LogP contribution in [-0.4, -0.2) is 26.8 Å². The molecular formula is C31H25F2N5O2. The molecule has 2 aliphatic carbocycles. The van der Waals surface area contributed by atoms with Gasteiger partial charge in [0.2, 0.25) is 5.91 Å². The van der Waals surface area contributed by atoms with Crippen LogP contribution < -0.4 is 10.6 Å². The van der Waals surface area contributed by atoms with Crippen LogP contribution in [0.1, 0.15) is 68.8 Å². The van der Waals surface area contributed by atoms with Gasteiger partial charge >= 0.3 is 0 Å². The Labute approximate surface area is 229 Å². The van der Waals surface area contributed by atoms with Gasteiger partial charge in [0.15, 0.2) is 11.6 Å². The van der Waals surface area contributed by atoms with Crippen LogP contribution in [-0.2, 0) is 29.5 Å². The predicted molar refractivity (Wildman–Crippen MR) is 143 cm³/mol. The van der Waals surface area contributed by atoms with Crippen molar-refractivity contribution >= 4 is 17.6 Å². The van der Waals surface area contributed by atoms with Gasteiger partial charge in [-0.1, -0.05) is 24.3 Å². The SMILES string of the molecule is O=C(NC1CCC(c2cccc(F)c2F)Cc2cccnc21)c1cnc2c(c1)CC1(C2)C(=O)Nc2ncccc21. The largest absolute Gasteiger partial charge is 0.344 e. The zero-order valence-electron chi connectivity index (χ0n) is 21.5. The van der Waals surface area contributed by atoms with E-state index in [-0.39, 0.29) is 17.7 Å². The lowest BCUT2D eigenvalue weighted by molar-refractivity contribution is -0.120. The molecule has 1 aromatic carbocycles. The number of rotatable bonds is 3. The fourth-order valence-corrected chi connectivity index (χ4v) is 6.53. The second-order valence-electron chi connectivity index (χ2n) is 10.8. The Bertz CT molecular complexity index is 1690. The van der Waals surface area contributed by atoms with Crippen molar-refractivity contribution in [3.05, 3.63) is 118 Å². The van der Waals surface area contributed by atoms with Crippen LogP contribution in [0.3, 0.4) is 0 Å². The summed E-state index contributed by atoms with van der Waals surface area (Å²) in [5, 5.41) is 5.99. The van der Waals surface area contributed by atoms with Crippen molar-refractivity contribution in [3.8, 4) is 0 Å². The molecule has 3 atom stereocenters. The Kier molecular flexibility index (Phi) is 5.69. The van der Waals surface area contributed by atoms with Crippen molar-refractivity contribution in [3.63, 3.8) is 0 Å².